The highest BCUT2D eigenvalue weighted by Gasteiger charge is 2.36. The zero-order valence-corrected chi connectivity index (χ0v) is 30.9. The van der Waals surface area contributed by atoms with Gasteiger partial charge in [-0.15, -0.1) is 5.10 Å². The van der Waals surface area contributed by atoms with Crippen LogP contribution in [0.15, 0.2) is 34.0 Å². The van der Waals surface area contributed by atoms with E-state index >= 15 is 0 Å². The van der Waals surface area contributed by atoms with E-state index in [9.17, 15) is 32.3 Å². The fraction of sp³-hybridized carbons (Fsp3) is 0.500. The van der Waals surface area contributed by atoms with Gasteiger partial charge in [0, 0.05) is 37.6 Å². The molecule has 0 unspecified atom stereocenters. The summed E-state index contributed by atoms with van der Waals surface area (Å²) >= 11 is 5.97. The van der Waals surface area contributed by atoms with E-state index in [1.54, 1.807) is 14.1 Å². The number of ether oxygens (including phenoxy) is 1. The van der Waals surface area contributed by atoms with Gasteiger partial charge in [0.2, 0.25) is 11.7 Å². The lowest BCUT2D eigenvalue weighted by atomic mass is 10.1. The van der Waals surface area contributed by atoms with Gasteiger partial charge in [-0.1, -0.05) is 37.4 Å². The van der Waals surface area contributed by atoms with Crippen molar-refractivity contribution in [2.24, 2.45) is 0 Å². The van der Waals surface area contributed by atoms with Gasteiger partial charge < -0.3 is 29.5 Å². The maximum Gasteiger partial charge on any atom is 0.417 e. The molecule has 2 fully saturated rings. The normalized spacial score (nSPS) is 18.4. The van der Waals surface area contributed by atoms with E-state index in [0.29, 0.717) is 37.6 Å². The molecule has 2 aliphatic heterocycles. The summed E-state index contributed by atoms with van der Waals surface area (Å²) < 4.78 is 50.2. The number of nitrogens with zero attached hydrogens (tertiary/aromatic N) is 7. The molecule has 2 N–H and O–H groups in total. The summed E-state index contributed by atoms with van der Waals surface area (Å²) in [7, 11) is 0. The number of anilines is 2. The lowest BCUT2D eigenvalue weighted by molar-refractivity contribution is -0.137. The number of aromatic amines is 1. The Balaban J connectivity index is 1.22. The Hall–Kier alpha value is -4.90. The molecule has 5 heterocycles. The molecular formula is C36H41ClF3N9O5. The number of hydrogen-bond donors (Lipinski definition) is 2. The van der Waals surface area contributed by atoms with E-state index in [-0.39, 0.29) is 72.0 Å². The lowest BCUT2D eigenvalue weighted by Gasteiger charge is -2.41. The molecule has 0 bridgehead atoms. The number of rotatable bonds is 8. The van der Waals surface area contributed by atoms with Crippen molar-refractivity contribution < 1.29 is 27.5 Å². The molecule has 14 nitrogen and oxygen atoms in total. The van der Waals surface area contributed by atoms with E-state index in [1.165, 1.54) is 17.6 Å². The lowest BCUT2D eigenvalue weighted by Crippen LogP contribution is -2.56. The predicted molar refractivity (Wildman–Crippen MR) is 195 cm³/mol. The number of piperazine rings is 1. The molecule has 1 saturated carbocycles. The van der Waals surface area contributed by atoms with Crippen LogP contribution in [0.3, 0.4) is 0 Å². The van der Waals surface area contributed by atoms with Crippen LogP contribution in [0.2, 0.25) is 5.02 Å². The third-order valence-electron chi connectivity index (χ3n) is 10.5. The zero-order valence-electron chi connectivity index (χ0n) is 30.1. The first-order chi connectivity index (χ1) is 25.8. The van der Waals surface area contributed by atoms with Crippen LogP contribution in [0.5, 0.6) is 0 Å². The molecule has 1 atom stereocenters. The van der Waals surface area contributed by atoms with Crippen molar-refractivity contribution in [1.82, 2.24) is 33.8 Å². The Kier molecular flexibility index (Phi) is 10.2. The number of carbonyl (C=O) groups is 2. The molecule has 3 aliphatic rings. The van der Waals surface area contributed by atoms with Gasteiger partial charge in [0.05, 0.1) is 35.5 Å². The Labute approximate surface area is 312 Å². The SMILES string of the molecule is CCc1c(N2CCN(C(=O)c3c[nH]n(C4CCCC4)c3=O)[C@H](C)C2)c(=O)n2nc(C3=CCOCC3)nc2n1CC(=O)Nc1cc(Cl)c(C(F)(F)F)cc1C. The number of nitrogens with one attached hydrogen (secondary N) is 2. The number of aromatic nitrogens is 6. The molecule has 288 valence electrons. The van der Waals surface area contributed by atoms with Crippen molar-refractivity contribution in [1.29, 1.82) is 0 Å². The van der Waals surface area contributed by atoms with Crippen molar-refractivity contribution in [2.75, 3.05) is 43.1 Å². The number of halogens is 4. The molecule has 1 aliphatic carbocycles. The number of hydrogen-bond acceptors (Lipinski definition) is 8. The third kappa shape index (κ3) is 6.94. The number of amides is 2. The fourth-order valence-electron chi connectivity index (χ4n) is 7.75. The largest absolute Gasteiger partial charge is 0.417 e. The molecule has 7 rings (SSSR count). The fourth-order valence-corrected chi connectivity index (χ4v) is 8.02. The van der Waals surface area contributed by atoms with Crippen molar-refractivity contribution >= 4 is 46.1 Å². The number of alkyl halides is 3. The summed E-state index contributed by atoms with van der Waals surface area (Å²) in [6.45, 7) is 6.31. The predicted octanol–water partition coefficient (Wildman–Crippen LogP) is 4.83. The molecule has 1 aromatic carbocycles. The second-order valence-electron chi connectivity index (χ2n) is 14.0. The molecule has 18 heteroatoms. The number of H-pyrrole nitrogens is 1. The highest BCUT2D eigenvalue weighted by molar-refractivity contribution is 6.31. The molecule has 2 amide bonds. The first-order valence-corrected chi connectivity index (χ1v) is 18.5. The van der Waals surface area contributed by atoms with Crippen LogP contribution in [-0.4, -0.2) is 84.5 Å². The van der Waals surface area contributed by atoms with E-state index in [1.807, 2.05) is 24.8 Å². The van der Waals surface area contributed by atoms with Crippen LogP contribution in [-0.2, 0) is 28.7 Å². The Morgan fingerprint density at radius 1 is 1.13 bits per heavy atom. The maximum absolute atomic E-state index is 14.4. The Morgan fingerprint density at radius 2 is 1.89 bits per heavy atom. The standard InChI is InChI=1S/C36H41ClF3N9O5/c1-4-28-30(45-11-12-46(21(3)18-45)32(51)24-17-41-48(33(24)52)23-7-5-6-8-23)34(53)49-35(43-31(44-49)22-9-13-54-14-10-22)47(28)19-29(50)42-27-16-26(37)25(15-20(27)2)36(38,39)40/h9,15-17,21,23,41H,4-8,10-14,18-19H2,1-3H3,(H,42,50)/t21-/m1/s1. The minimum Gasteiger partial charge on any atom is -0.377 e. The number of aryl methyl sites for hydroxylation is 1. The third-order valence-corrected chi connectivity index (χ3v) is 10.8. The highest BCUT2D eigenvalue weighted by atomic mass is 35.5. The molecule has 0 radical (unpaired) electrons. The second-order valence-corrected chi connectivity index (χ2v) is 14.4. The van der Waals surface area contributed by atoms with Gasteiger partial charge in [0.1, 0.15) is 17.8 Å². The van der Waals surface area contributed by atoms with Crippen LogP contribution in [0.1, 0.15) is 85.0 Å². The Morgan fingerprint density at radius 3 is 2.56 bits per heavy atom. The van der Waals surface area contributed by atoms with Crippen LogP contribution in [0, 0.1) is 6.92 Å². The quantitative estimate of drug-likeness (QED) is 0.259. The number of benzene rings is 1. The average molecular weight is 772 g/mol. The summed E-state index contributed by atoms with van der Waals surface area (Å²) in [5.74, 6) is -0.543. The van der Waals surface area contributed by atoms with Gasteiger partial charge in [0.15, 0.2) is 5.82 Å². The molecule has 0 spiro atoms. The smallest absolute Gasteiger partial charge is 0.377 e. The van der Waals surface area contributed by atoms with Crippen LogP contribution in [0.4, 0.5) is 24.5 Å². The average Bonchev–Trinajstić information content (AvgIpc) is 3.91. The van der Waals surface area contributed by atoms with Crippen LogP contribution < -0.4 is 21.3 Å². The second kappa shape index (κ2) is 14.7. The molecule has 3 aromatic heterocycles. The first kappa shape index (κ1) is 37.4. The van der Waals surface area contributed by atoms with Gasteiger partial charge >= 0.3 is 6.18 Å². The van der Waals surface area contributed by atoms with Crippen molar-refractivity contribution in [3.8, 4) is 0 Å². The first-order valence-electron chi connectivity index (χ1n) is 18.1. The number of fused-ring (bicyclic) bond motifs is 1. The van der Waals surface area contributed by atoms with Crippen molar-refractivity contribution in [3.05, 3.63) is 78.3 Å². The zero-order chi connectivity index (χ0) is 38.5. The summed E-state index contributed by atoms with van der Waals surface area (Å²) in [6, 6.07) is 1.60. The van der Waals surface area contributed by atoms with Crippen LogP contribution >= 0.6 is 11.6 Å². The van der Waals surface area contributed by atoms with Gasteiger partial charge in [-0.05, 0) is 62.8 Å². The summed E-state index contributed by atoms with van der Waals surface area (Å²) in [6.07, 6.45) is 3.30. The summed E-state index contributed by atoms with van der Waals surface area (Å²) in [4.78, 5) is 63.2. The van der Waals surface area contributed by atoms with E-state index < -0.39 is 34.3 Å². The van der Waals surface area contributed by atoms with Gasteiger partial charge in [-0.25, -0.2) is 4.68 Å². The molecule has 4 aromatic rings. The van der Waals surface area contributed by atoms with Crippen molar-refractivity contribution in [2.45, 2.75) is 84.1 Å². The minimum absolute atomic E-state index is 0.0526. The van der Waals surface area contributed by atoms with Crippen LogP contribution in [0.25, 0.3) is 11.4 Å². The van der Waals surface area contributed by atoms with E-state index in [4.69, 9.17) is 21.3 Å². The summed E-state index contributed by atoms with van der Waals surface area (Å²) in [5, 5.41) is 9.70. The maximum atomic E-state index is 14.4. The summed E-state index contributed by atoms with van der Waals surface area (Å²) in [5.41, 5.74) is 0.106. The van der Waals surface area contributed by atoms with E-state index in [2.05, 4.69) is 15.5 Å². The topological polar surface area (TPSA) is 152 Å². The van der Waals surface area contributed by atoms with Crippen molar-refractivity contribution in [3.63, 3.8) is 0 Å². The van der Waals surface area contributed by atoms with Gasteiger partial charge in [0.25, 0.3) is 17.0 Å². The number of carbonyl (C=O) groups excluding carboxylic acids is 2. The van der Waals surface area contributed by atoms with Gasteiger partial charge in [-0.3, -0.25) is 19.2 Å². The van der Waals surface area contributed by atoms with E-state index in [0.717, 1.165) is 43.4 Å². The molecule has 54 heavy (non-hydrogen) atoms. The monoisotopic (exact) mass is 771 g/mol. The van der Waals surface area contributed by atoms with Gasteiger partial charge in [-0.2, -0.15) is 22.7 Å². The highest BCUT2D eigenvalue weighted by Crippen LogP contribution is 2.37. The minimum atomic E-state index is -4.67. The molecular weight excluding hydrogens is 731 g/mol. The molecule has 1 saturated heterocycles. The Bertz CT molecular complexity index is 2270.